The fourth-order valence-electron chi connectivity index (χ4n) is 1.96. The van der Waals surface area contributed by atoms with Gasteiger partial charge in [-0.05, 0) is 48.5 Å². The van der Waals surface area contributed by atoms with Crippen molar-refractivity contribution in [3.05, 3.63) is 72.3 Å². The van der Waals surface area contributed by atoms with Crippen LogP contribution in [0.15, 0.2) is 65.6 Å². The van der Waals surface area contributed by atoms with E-state index in [4.69, 9.17) is 0 Å². The number of hydrogen-bond donors (Lipinski definition) is 2. The fraction of sp³-hybridized carbons (Fsp3) is 0. The number of halogens is 2. The molecule has 0 aliphatic rings. The molecular weight excluding hydrogens is 350 g/mol. The van der Waals surface area contributed by atoms with Gasteiger partial charge in [0.15, 0.2) is 11.6 Å². The van der Waals surface area contributed by atoms with E-state index in [2.05, 4.69) is 20.2 Å². The first-order valence-corrected chi connectivity index (χ1v) is 8.56. The van der Waals surface area contributed by atoms with Crippen molar-refractivity contribution in [2.75, 3.05) is 10.0 Å². The number of rotatable bonds is 5. The first-order valence-electron chi connectivity index (χ1n) is 7.08. The monoisotopic (exact) mass is 362 g/mol. The van der Waals surface area contributed by atoms with Crippen LogP contribution in [-0.2, 0) is 10.0 Å². The molecule has 128 valence electrons. The van der Waals surface area contributed by atoms with Gasteiger partial charge in [-0.15, -0.1) is 10.2 Å². The minimum absolute atomic E-state index is 0.0246. The lowest BCUT2D eigenvalue weighted by molar-refractivity contribution is 0.599. The van der Waals surface area contributed by atoms with E-state index in [1.807, 2.05) is 0 Å². The molecule has 0 fully saturated rings. The highest BCUT2D eigenvalue weighted by Gasteiger charge is 2.15. The van der Waals surface area contributed by atoms with E-state index in [1.54, 1.807) is 12.1 Å². The second kappa shape index (κ2) is 6.81. The smallest absolute Gasteiger partial charge is 0.263 e. The first kappa shape index (κ1) is 16.8. The molecule has 1 heterocycles. The van der Waals surface area contributed by atoms with E-state index in [0.717, 1.165) is 24.3 Å². The zero-order chi connectivity index (χ0) is 17.9. The van der Waals surface area contributed by atoms with Crippen molar-refractivity contribution in [3.8, 4) is 0 Å². The predicted molar refractivity (Wildman–Crippen MR) is 88.9 cm³/mol. The van der Waals surface area contributed by atoms with Gasteiger partial charge in [-0.3, -0.25) is 4.72 Å². The third-order valence-electron chi connectivity index (χ3n) is 3.16. The average molecular weight is 362 g/mol. The largest absolute Gasteiger partial charge is 0.336 e. The zero-order valence-corrected chi connectivity index (χ0v) is 13.5. The van der Waals surface area contributed by atoms with E-state index >= 15 is 0 Å². The van der Waals surface area contributed by atoms with E-state index in [0.29, 0.717) is 0 Å². The summed E-state index contributed by atoms with van der Waals surface area (Å²) >= 11 is 0. The molecule has 9 heteroatoms. The molecule has 2 aromatic carbocycles. The van der Waals surface area contributed by atoms with E-state index in [1.165, 1.54) is 24.3 Å². The van der Waals surface area contributed by atoms with Gasteiger partial charge in [-0.1, -0.05) is 12.1 Å². The normalized spacial score (nSPS) is 11.1. The summed E-state index contributed by atoms with van der Waals surface area (Å²) < 4.78 is 53.0. The van der Waals surface area contributed by atoms with Crippen LogP contribution in [0.2, 0.25) is 0 Å². The van der Waals surface area contributed by atoms with Crippen molar-refractivity contribution < 1.29 is 17.2 Å². The Hall–Kier alpha value is -3.07. The van der Waals surface area contributed by atoms with Gasteiger partial charge in [0.25, 0.3) is 10.0 Å². The number of nitrogens with one attached hydrogen (secondary N) is 2. The third kappa shape index (κ3) is 4.07. The van der Waals surface area contributed by atoms with Crippen LogP contribution < -0.4 is 10.0 Å². The van der Waals surface area contributed by atoms with Gasteiger partial charge >= 0.3 is 0 Å². The summed E-state index contributed by atoms with van der Waals surface area (Å²) in [4.78, 5) is -0.107. The summed E-state index contributed by atoms with van der Waals surface area (Å²) in [6.07, 6.45) is 0. The third-order valence-corrected chi connectivity index (χ3v) is 4.53. The molecule has 1 aromatic heterocycles. The maximum Gasteiger partial charge on any atom is 0.263 e. The van der Waals surface area contributed by atoms with Crippen molar-refractivity contribution in [2.45, 2.75) is 4.90 Å². The van der Waals surface area contributed by atoms with Crippen LogP contribution in [-0.4, -0.2) is 18.6 Å². The van der Waals surface area contributed by atoms with Crippen molar-refractivity contribution in [2.24, 2.45) is 0 Å². The standard InChI is InChI=1S/C16H12F2N4O2S/c17-11-5-7-12(8-6-11)25(23,24)22-16-10-9-15(20-21-16)19-14-4-2-1-3-13(14)18/h1-10H,(H,19,20)(H,21,22). The maximum atomic E-state index is 13.6. The van der Waals surface area contributed by atoms with Gasteiger partial charge < -0.3 is 5.32 Å². The minimum atomic E-state index is -3.91. The molecular formula is C16H12F2N4O2S. The van der Waals surface area contributed by atoms with Crippen molar-refractivity contribution in [1.82, 2.24) is 10.2 Å². The molecule has 0 spiro atoms. The van der Waals surface area contributed by atoms with Crippen LogP contribution in [0, 0.1) is 11.6 Å². The number of sulfonamides is 1. The number of para-hydroxylation sites is 1. The summed E-state index contributed by atoms with van der Waals surface area (Å²) in [7, 11) is -3.91. The maximum absolute atomic E-state index is 13.6. The molecule has 0 saturated carbocycles. The minimum Gasteiger partial charge on any atom is -0.336 e. The molecule has 2 N–H and O–H groups in total. The highest BCUT2D eigenvalue weighted by Crippen LogP contribution is 2.19. The van der Waals surface area contributed by atoms with E-state index in [-0.39, 0.29) is 22.2 Å². The summed E-state index contributed by atoms with van der Waals surface area (Å²) in [6.45, 7) is 0. The summed E-state index contributed by atoms with van der Waals surface area (Å²) in [5.74, 6) is -0.772. The quantitative estimate of drug-likeness (QED) is 0.728. The lowest BCUT2D eigenvalue weighted by Crippen LogP contribution is -2.14. The van der Waals surface area contributed by atoms with Crippen molar-refractivity contribution in [1.29, 1.82) is 0 Å². The summed E-state index contributed by atoms with van der Waals surface area (Å²) in [5, 5.41) is 10.3. The molecule has 3 rings (SSSR count). The van der Waals surface area contributed by atoms with E-state index < -0.39 is 21.7 Å². The molecule has 25 heavy (non-hydrogen) atoms. The fourth-order valence-corrected chi connectivity index (χ4v) is 2.96. The Kier molecular flexibility index (Phi) is 4.57. The van der Waals surface area contributed by atoms with Crippen molar-refractivity contribution in [3.63, 3.8) is 0 Å². The SMILES string of the molecule is O=S(=O)(Nc1ccc(Nc2ccccc2F)nn1)c1ccc(F)cc1. The number of benzene rings is 2. The average Bonchev–Trinajstić information content (AvgIpc) is 2.59. The number of hydrogen-bond acceptors (Lipinski definition) is 5. The Bertz CT molecular complexity index is 978. The molecule has 0 aliphatic heterocycles. The summed E-state index contributed by atoms with van der Waals surface area (Å²) in [6, 6.07) is 13.2. The Morgan fingerprint density at radius 1 is 0.800 bits per heavy atom. The highest BCUT2D eigenvalue weighted by atomic mass is 32.2. The molecule has 0 bridgehead atoms. The van der Waals surface area contributed by atoms with Gasteiger partial charge in [0.05, 0.1) is 10.6 Å². The Balaban J connectivity index is 1.74. The molecule has 6 nitrogen and oxygen atoms in total. The van der Waals surface area contributed by atoms with Crippen LogP contribution in [0.25, 0.3) is 0 Å². The molecule has 0 amide bonds. The Morgan fingerprint density at radius 3 is 2.08 bits per heavy atom. The van der Waals surface area contributed by atoms with Crippen LogP contribution in [0.4, 0.5) is 26.1 Å². The van der Waals surface area contributed by atoms with Gasteiger partial charge in [-0.2, -0.15) is 0 Å². The predicted octanol–water partition coefficient (Wildman–Crippen LogP) is 3.30. The second-order valence-electron chi connectivity index (χ2n) is 4.97. The number of anilines is 3. The molecule has 0 atom stereocenters. The Labute approximate surface area is 142 Å². The Morgan fingerprint density at radius 2 is 1.44 bits per heavy atom. The van der Waals surface area contributed by atoms with Crippen LogP contribution >= 0.6 is 0 Å². The van der Waals surface area contributed by atoms with Crippen LogP contribution in [0.1, 0.15) is 0 Å². The van der Waals surface area contributed by atoms with E-state index in [9.17, 15) is 17.2 Å². The first-order chi connectivity index (χ1) is 11.9. The molecule has 0 unspecified atom stereocenters. The highest BCUT2D eigenvalue weighted by molar-refractivity contribution is 7.92. The van der Waals surface area contributed by atoms with Gasteiger partial charge in [0, 0.05) is 0 Å². The molecule has 3 aromatic rings. The molecule has 0 saturated heterocycles. The lowest BCUT2D eigenvalue weighted by atomic mass is 10.3. The number of aromatic nitrogens is 2. The topological polar surface area (TPSA) is 84.0 Å². The van der Waals surface area contributed by atoms with Gasteiger partial charge in [-0.25, -0.2) is 17.2 Å². The summed E-state index contributed by atoms with van der Waals surface area (Å²) in [5.41, 5.74) is 0.219. The lowest BCUT2D eigenvalue weighted by Gasteiger charge is -2.08. The molecule has 0 aliphatic carbocycles. The van der Waals surface area contributed by atoms with Crippen molar-refractivity contribution >= 4 is 27.3 Å². The van der Waals surface area contributed by atoms with Gasteiger partial charge in [0.2, 0.25) is 0 Å². The molecule has 0 radical (unpaired) electrons. The van der Waals surface area contributed by atoms with Crippen LogP contribution in [0.3, 0.4) is 0 Å². The zero-order valence-electron chi connectivity index (χ0n) is 12.6. The second-order valence-corrected chi connectivity index (χ2v) is 6.65. The van der Waals surface area contributed by atoms with Crippen LogP contribution in [0.5, 0.6) is 0 Å². The number of nitrogens with zero attached hydrogens (tertiary/aromatic N) is 2. The van der Waals surface area contributed by atoms with Gasteiger partial charge in [0.1, 0.15) is 11.6 Å².